The van der Waals surface area contributed by atoms with E-state index >= 15 is 0 Å². The van der Waals surface area contributed by atoms with Crippen LogP contribution in [0.4, 0.5) is 0 Å². The predicted molar refractivity (Wildman–Crippen MR) is 174 cm³/mol. The maximum Gasteiger partial charge on any atom is -1.00 e. The Bertz CT molecular complexity index is 2250. The molecular weight excluding hydrogens is 667 g/mol. The minimum absolute atomic E-state index is 0. The number of benzene rings is 6. The molecule has 0 saturated heterocycles. The van der Waals surface area contributed by atoms with Crippen molar-refractivity contribution in [1.29, 1.82) is 0 Å². The number of fused-ring (bicyclic) bond motifs is 3. The van der Waals surface area contributed by atoms with Crippen LogP contribution in [0.1, 0.15) is 46.2 Å². The SMILES string of the molecule is CC1=Cc2c(-c3ccccc3)cccc2C1c1c2c(ccc1=C(c1ccccc1)c1ccccc1)=c1ccccc1=[C]2[Zr+2].[Cl-].[Cl-]. The zero-order valence-corrected chi connectivity index (χ0v) is 28.7. The van der Waals surface area contributed by atoms with Gasteiger partial charge in [-0.15, -0.1) is 0 Å². The molecule has 3 heteroatoms. The van der Waals surface area contributed by atoms with Gasteiger partial charge < -0.3 is 24.8 Å². The molecule has 6 aromatic carbocycles. The molecule has 6 aromatic rings. The van der Waals surface area contributed by atoms with Gasteiger partial charge in [0, 0.05) is 0 Å². The smallest absolute Gasteiger partial charge is 1.00 e. The first kappa shape index (κ1) is 31.3. The molecule has 0 aliphatic heterocycles. The van der Waals surface area contributed by atoms with Crippen molar-refractivity contribution in [1.82, 2.24) is 0 Å². The first-order chi connectivity index (χ1) is 21.2. The molecule has 0 N–H and O–H groups in total. The van der Waals surface area contributed by atoms with Gasteiger partial charge in [0.2, 0.25) is 0 Å². The molecule has 0 aromatic heterocycles. The minimum atomic E-state index is 0. The van der Waals surface area contributed by atoms with Crippen molar-refractivity contribution >= 4 is 14.9 Å². The van der Waals surface area contributed by atoms with Crippen LogP contribution in [0.25, 0.3) is 26.1 Å². The van der Waals surface area contributed by atoms with E-state index < -0.39 is 0 Å². The van der Waals surface area contributed by atoms with E-state index in [0.29, 0.717) is 0 Å². The summed E-state index contributed by atoms with van der Waals surface area (Å²) >= 11 is 1.45. The Balaban J connectivity index is 0.00000179. The van der Waals surface area contributed by atoms with Crippen LogP contribution in [-0.2, 0) is 24.7 Å². The normalized spacial score (nSPS) is 14.0. The van der Waals surface area contributed by atoms with Gasteiger partial charge in [-0.2, -0.15) is 0 Å². The fourth-order valence-corrected chi connectivity index (χ4v) is 8.39. The number of halogens is 2. The third kappa shape index (κ3) is 5.22. The Hall–Kier alpha value is -3.74. The number of rotatable bonds is 4. The summed E-state index contributed by atoms with van der Waals surface area (Å²) in [5.41, 5.74) is 13.4. The average Bonchev–Trinajstić information content (AvgIpc) is 3.56. The third-order valence-corrected chi connectivity index (χ3v) is 10.3. The maximum atomic E-state index is 2.45. The molecule has 0 nitrogen and oxygen atoms in total. The molecule has 1 unspecified atom stereocenters. The first-order valence-corrected chi connectivity index (χ1v) is 16.1. The van der Waals surface area contributed by atoms with Crippen LogP contribution in [0, 0.1) is 10.4 Å². The van der Waals surface area contributed by atoms with Crippen LogP contribution >= 0.6 is 0 Å². The molecule has 1 atom stereocenters. The summed E-state index contributed by atoms with van der Waals surface area (Å²) in [7, 11) is 0. The molecule has 2 aliphatic carbocycles. The Morgan fingerprint density at radius 2 is 1.13 bits per heavy atom. The Morgan fingerprint density at radius 1 is 0.556 bits per heavy atom. The fraction of sp³-hybridized carbons (Fsp3) is 0.0476. The van der Waals surface area contributed by atoms with E-state index in [0.717, 1.165) is 0 Å². The largest absolute Gasteiger partial charge is 1.00 e. The van der Waals surface area contributed by atoms with Gasteiger partial charge in [-0.25, -0.2) is 0 Å². The van der Waals surface area contributed by atoms with Crippen molar-refractivity contribution in [3.63, 3.8) is 0 Å². The van der Waals surface area contributed by atoms with E-state index in [-0.39, 0.29) is 30.7 Å². The fourth-order valence-electron chi connectivity index (χ4n) is 7.19. The second kappa shape index (κ2) is 12.9. The second-order valence-corrected chi connectivity index (χ2v) is 12.7. The van der Waals surface area contributed by atoms with Crippen LogP contribution in [-0.4, -0.2) is 0 Å². The number of hydrogen-bond acceptors (Lipinski definition) is 0. The molecule has 0 bridgehead atoms. The second-order valence-electron chi connectivity index (χ2n) is 11.5. The first-order valence-electron chi connectivity index (χ1n) is 14.9. The van der Waals surface area contributed by atoms with Crippen molar-refractivity contribution in [2.75, 3.05) is 0 Å². The summed E-state index contributed by atoms with van der Waals surface area (Å²) in [6, 6.07) is 53.4. The quantitative estimate of drug-likeness (QED) is 0.266. The molecule has 0 fully saturated rings. The van der Waals surface area contributed by atoms with Gasteiger partial charge in [-0.05, 0) is 0 Å². The Labute approximate surface area is 291 Å². The molecule has 0 heterocycles. The summed E-state index contributed by atoms with van der Waals surface area (Å²) in [4.78, 5) is 0. The van der Waals surface area contributed by atoms with Gasteiger partial charge in [0.05, 0.1) is 0 Å². The Kier molecular flexibility index (Phi) is 8.99. The van der Waals surface area contributed by atoms with Gasteiger partial charge >= 0.3 is 269 Å². The molecular formula is C42H29Cl2Zr. The van der Waals surface area contributed by atoms with Crippen LogP contribution in [0.3, 0.4) is 0 Å². The average molecular weight is 696 g/mol. The van der Waals surface area contributed by atoms with Gasteiger partial charge in [0.1, 0.15) is 0 Å². The summed E-state index contributed by atoms with van der Waals surface area (Å²) in [5.74, 6) is 0.163. The number of allylic oxidation sites excluding steroid dienone is 1. The van der Waals surface area contributed by atoms with E-state index in [9.17, 15) is 0 Å². The van der Waals surface area contributed by atoms with Crippen LogP contribution in [0.5, 0.6) is 0 Å². The molecule has 0 saturated carbocycles. The molecule has 0 spiro atoms. The Morgan fingerprint density at radius 3 is 1.78 bits per heavy atom. The van der Waals surface area contributed by atoms with Crippen LogP contribution in [0.2, 0.25) is 0 Å². The third-order valence-electron chi connectivity index (χ3n) is 9.03. The molecule has 2 aliphatic rings. The van der Waals surface area contributed by atoms with E-state index in [2.05, 4.69) is 159 Å². The minimum Gasteiger partial charge on any atom is -1.00 e. The molecule has 0 radical (unpaired) electrons. The van der Waals surface area contributed by atoms with Gasteiger partial charge in [-0.3, -0.25) is 0 Å². The number of hydrogen-bond donors (Lipinski definition) is 0. The van der Waals surface area contributed by atoms with Crippen molar-refractivity contribution in [2.24, 2.45) is 0 Å². The summed E-state index contributed by atoms with van der Waals surface area (Å²) < 4.78 is 1.45. The van der Waals surface area contributed by atoms with Gasteiger partial charge in [-0.1, -0.05) is 0 Å². The van der Waals surface area contributed by atoms with Crippen molar-refractivity contribution in [3.8, 4) is 11.1 Å². The van der Waals surface area contributed by atoms with E-state index in [1.807, 2.05) is 0 Å². The van der Waals surface area contributed by atoms with Crippen LogP contribution < -0.4 is 35.3 Å². The van der Waals surface area contributed by atoms with Gasteiger partial charge in [0.25, 0.3) is 0 Å². The molecule has 45 heavy (non-hydrogen) atoms. The summed E-state index contributed by atoms with van der Waals surface area (Å²) in [5, 5.41) is 5.42. The van der Waals surface area contributed by atoms with Crippen LogP contribution in [0.15, 0.2) is 151 Å². The summed E-state index contributed by atoms with van der Waals surface area (Å²) in [6.07, 6.45) is 2.45. The van der Waals surface area contributed by atoms with Gasteiger partial charge in [0.15, 0.2) is 0 Å². The van der Waals surface area contributed by atoms with E-state index in [1.54, 1.807) is 0 Å². The molecule has 0 amide bonds. The zero-order valence-electron chi connectivity index (χ0n) is 24.8. The van der Waals surface area contributed by atoms with Crippen molar-refractivity contribution in [2.45, 2.75) is 12.8 Å². The van der Waals surface area contributed by atoms with E-state index in [1.165, 1.54) is 105 Å². The standard InChI is InChI=1S/C42H29.2ClH.Zr/c1-28-26-38-33(29-14-5-2-6-15-29)22-13-23-36(38)40(28)42-37(25-24-35-34-21-12-11-20-32(34)27-39(35)42)41(30-16-7-3-8-17-30)31-18-9-4-10-19-31;;;/h2-26,40H,1H3;2*1H;/q;;;+2/p-2. The monoisotopic (exact) mass is 693 g/mol. The topological polar surface area (TPSA) is 0 Å². The van der Waals surface area contributed by atoms with Crippen molar-refractivity contribution in [3.05, 3.63) is 205 Å². The van der Waals surface area contributed by atoms with Crippen molar-refractivity contribution < 1.29 is 49.5 Å². The predicted octanol–water partition coefficient (Wildman–Crippen LogP) is 2.46. The maximum absolute atomic E-state index is 2.45. The molecule has 8 rings (SSSR count). The summed E-state index contributed by atoms with van der Waals surface area (Å²) in [6.45, 7) is 2.33. The zero-order chi connectivity index (χ0) is 28.9. The molecule has 215 valence electrons. The van der Waals surface area contributed by atoms with E-state index in [4.69, 9.17) is 0 Å².